The van der Waals surface area contributed by atoms with E-state index in [0.717, 1.165) is 19.4 Å². The van der Waals surface area contributed by atoms with Crippen LogP contribution in [0.4, 0.5) is 0 Å². The van der Waals surface area contributed by atoms with Crippen molar-refractivity contribution in [2.45, 2.75) is 18.9 Å². The Balaban J connectivity index is 2.16. The molecule has 1 fully saturated rings. The summed E-state index contributed by atoms with van der Waals surface area (Å²) in [5.41, 5.74) is 0. The Labute approximate surface area is 66.5 Å². The minimum absolute atomic E-state index is 0.274. The van der Waals surface area contributed by atoms with E-state index >= 15 is 0 Å². The molecular formula is C6H14NO3P. The minimum Gasteiger partial charge on any atom is -0.324 e. The van der Waals surface area contributed by atoms with Gasteiger partial charge in [-0.1, -0.05) is 0 Å². The highest BCUT2D eigenvalue weighted by molar-refractivity contribution is 7.51. The monoisotopic (exact) mass is 179 g/mol. The average Bonchev–Trinajstić information content (AvgIpc) is 2.32. The van der Waals surface area contributed by atoms with Gasteiger partial charge in [-0.15, -0.1) is 0 Å². The van der Waals surface area contributed by atoms with Crippen molar-refractivity contribution >= 4 is 7.60 Å². The summed E-state index contributed by atoms with van der Waals surface area (Å²) in [4.78, 5) is 8.78. The van der Waals surface area contributed by atoms with Crippen molar-refractivity contribution in [3.8, 4) is 0 Å². The standard InChI is InChI=1S/C6H14NO3P/c1-11(8,9)10-5-6-3-2-4-7-6/h6-7H,2-5H2,1H3,(H,8,9)/t6-/m0/s1. The summed E-state index contributed by atoms with van der Waals surface area (Å²) in [6.07, 6.45) is 2.17. The second-order valence-electron chi connectivity index (χ2n) is 2.89. The summed E-state index contributed by atoms with van der Waals surface area (Å²) < 4.78 is 15.4. The zero-order valence-corrected chi connectivity index (χ0v) is 7.51. The van der Waals surface area contributed by atoms with Crippen molar-refractivity contribution in [2.75, 3.05) is 19.8 Å². The fourth-order valence-electron chi connectivity index (χ4n) is 1.13. The topological polar surface area (TPSA) is 58.6 Å². The van der Waals surface area contributed by atoms with Gasteiger partial charge in [-0.2, -0.15) is 0 Å². The van der Waals surface area contributed by atoms with E-state index in [-0.39, 0.29) is 6.04 Å². The van der Waals surface area contributed by atoms with Crippen molar-refractivity contribution < 1.29 is 14.0 Å². The van der Waals surface area contributed by atoms with E-state index in [2.05, 4.69) is 5.32 Å². The zero-order valence-electron chi connectivity index (χ0n) is 6.62. The van der Waals surface area contributed by atoms with Crippen LogP contribution in [-0.4, -0.2) is 30.8 Å². The van der Waals surface area contributed by atoms with Crippen LogP contribution in [0.5, 0.6) is 0 Å². The van der Waals surface area contributed by atoms with Gasteiger partial charge in [0.05, 0.1) is 6.61 Å². The SMILES string of the molecule is CP(=O)(O)OC[C@@H]1CCCN1. The Morgan fingerprint density at radius 1 is 1.82 bits per heavy atom. The molecule has 0 bridgehead atoms. The molecule has 1 unspecified atom stereocenters. The van der Waals surface area contributed by atoms with Gasteiger partial charge >= 0.3 is 7.60 Å². The van der Waals surface area contributed by atoms with Gasteiger partial charge in [0.15, 0.2) is 0 Å². The molecule has 2 atom stereocenters. The highest BCUT2D eigenvalue weighted by Gasteiger charge is 2.18. The van der Waals surface area contributed by atoms with E-state index in [9.17, 15) is 4.57 Å². The molecule has 2 N–H and O–H groups in total. The van der Waals surface area contributed by atoms with Gasteiger partial charge in [0.1, 0.15) is 0 Å². The van der Waals surface area contributed by atoms with Crippen molar-refractivity contribution in [2.24, 2.45) is 0 Å². The van der Waals surface area contributed by atoms with Crippen molar-refractivity contribution in [3.05, 3.63) is 0 Å². The van der Waals surface area contributed by atoms with Crippen LogP contribution >= 0.6 is 7.60 Å². The van der Waals surface area contributed by atoms with E-state index in [1.54, 1.807) is 0 Å². The predicted octanol–water partition coefficient (Wildman–Crippen LogP) is 0.570. The Morgan fingerprint density at radius 2 is 2.55 bits per heavy atom. The van der Waals surface area contributed by atoms with E-state index in [0.29, 0.717) is 6.61 Å². The summed E-state index contributed by atoms with van der Waals surface area (Å²) in [6.45, 7) is 2.56. The molecule has 1 aliphatic heterocycles. The Kier molecular flexibility index (Phi) is 3.07. The van der Waals surface area contributed by atoms with E-state index < -0.39 is 7.60 Å². The molecule has 0 aromatic carbocycles. The molecule has 66 valence electrons. The van der Waals surface area contributed by atoms with Crippen LogP contribution < -0.4 is 5.32 Å². The molecule has 0 radical (unpaired) electrons. The lowest BCUT2D eigenvalue weighted by Crippen LogP contribution is -2.26. The maximum absolute atomic E-state index is 10.7. The third-order valence-corrected chi connectivity index (χ3v) is 2.31. The summed E-state index contributed by atoms with van der Waals surface area (Å²) in [6, 6.07) is 0.274. The van der Waals surface area contributed by atoms with Gasteiger partial charge < -0.3 is 14.7 Å². The molecule has 1 aliphatic rings. The largest absolute Gasteiger partial charge is 0.325 e. The third-order valence-electron chi connectivity index (χ3n) is 1.68. The fraction of sp³-hybridized carbons (Fsp3) is 1.00. The lowest BCUT2D eigenvalue weighted by Gasteiger charge is -2.11. The van der Waals surface area contributed by atoms with Crippen molar-refractivity contribution in [3.63, 3.8) is 0 Å². The van der Waals surface area contributed by atoms with Crippen LogP contribution in [0, 0.1) is 0 Å². The van der Waals surface area contributed by atoms with Crippen LogP contribution in [0.2, 0.25) is 0 Å². The summed E-state index contributed by atoms with van der Waals surface area (Å²) in [5, 5.41) is 3.17. The second-order valence-corrected chi connectivity index (χ2v) is 4.76. The highest BCUT2D eigenvalue weighted by Crippen LogP contribution is 2.36. The van der Waals surface area contributed by atoms with E-state index in [1.807, 2.05) is 0 Å². The van der Waals surface area contributed by atoms with Crippen molar-refractivity contribution in [1.82, 2.24) is 5.32 Å². The van der Waals surface area contributed by atoms with E-state index in [1.165, 1.54) is 6.66 Å². The number of hydrogen-bond donors (Lipinski definition) is 2. The number of hydrogen-bond acceptors (Lipinski definition) is 3. The van der Waals surface area contributed by atoms with Crippen LogP contribution in [0.15, 0.2) is 0 Å². The Bertz CT molecular complexity index is 161. The molecule has 1 rings (SSSR count). The first kappa shape index (κ1) is 9.20. The summed E-state index contributed by atoms with van der Waals surface area (Å²) >= 11 is 0. The summed E-state index contributed by atoms with van der Waals surface area (Å²) in [5.74, 6) is 0. The Hall–Kier alpha value is 0.110. The number of nitrogens with one attached hydrogen (secondary N) is 1. The lowest BCUT2D eigenvalue weighted by atomic mass is 10.2. The molecule has 1 saturated heterocycles. The minimum atomic E-state index is -3.26. The van der Waals surface area contributed by atoms with Gasteiger partial charge in [0.25, 0.3) is 0 Å². The molecule has 0 amide bonds. The lowest BCUT2D eigenvalue weighted by molar-refractivity contribution is 0.239. The third kappa shape index (κ3) is 3.87. The molecule has 0 aromatic rings. The first-order valence-electron chi connectivity index (χ1n) is 3.76. The molecule has 0 spiro atoms. The maximum atomic E-state index is 10.7. The molecule has 0 saturated carbocycles. The molecule has 11 heavy (non-hydrogen) atoms. The first-order chi connectivity index (χ1) is 5.08. The van der Waals surface area contributed by atoms with Crippen molar-refractivity contribution in [1.29, 1.82) is 0 Å². The number of rotatable bonds is 3. The van der Waals surface area contributed by atoms with Gasteiger partial charge in [0.2, 0.25) is 0 Å². The molecule has 5 heteroatoms. The average molecular weight is 179 g/mol. The first-order valence-corrected chi connectivity index (χ1v) is 5.78. The van der Waals surface area contributed by atoms with Gasteiger partial charge in [-0.25, -0.2) is 0 Å². The molecular weight excluding hydrogens is 165 g/mol. The van der Waals surface area contributed by atoms with Gasteiger partial charge in [-0.05, 0) is 19.4 Å². The normalized spacial score (nSPS) is 30.2. The fourth-order valence-corrected chi connectivity index (χ4v) is 1.58. The zero-order chi connectivity index (χ0) is 8.32. The summed E-state index contributed by atoms with van der Waals surface area (Å²) in [7, 11) is -3.26. The van der Waals surface area contributed by atoms with E-state index in [4.69, 9.17) is 9.42 Å². The highest BCUT2D eigenvalue weighted by atomic mass is 31.2. The molecule has 4 nitrogen and oxygen atoms in total. The van der Waals surface area contributed by atoms with Crippen LogP contribution in [-0.2, 0) is 9.09 Å². The van der Waals surface area contributed by atoms with Crippen LogP contribution in [0.3, 0.4) is 0 Å². The van der Waals surface area contributed by atoms with Gasteiger partial charge in [0, 0.05) is 12.7 Å². The second kappa shape index (κ2) is 3.68. The smallest absolute Gasteiger partial charge is 0.324 e. The maximum Gasteiger partial charge on any atom is 0.325 e. The Morgan fingerprint density at radius 3 is 3.00 bits per heavy atom. The predicted molar refractivity (Wildman–Crippen MR) is 42.7 cm³/mol. The molecule has 0 aromatic heterocycles. The molecule has 0 aliphatic carbocycles. The van der Waals surface area contributed by atoms with Crippen LogP contribution in [0.25, 0.3) is 0 Å². The van der Waals surface area contributed by atoms with Crippen LogP contribution in [0.1, 0.15) is 12.8 Å². The molecule has 1 heterocycles. The van der Waals surface area contributed by atoms with Gasteiger partial charge in [-0.3, -0.25) is 4.57 Å². The quantitative estimate of drug-likeness (QED) is 0.622.